The minimum atomic E-state index is -0.541. The second-order valence-electron chi connectivity index (χ2n) is 4.70. The Kier molecular flexibility index (Phi) is 4.14. The molecule has 22 heavy (non-hydrogen) atoms. The average Bonchev–Trinajstić information content (AvgIpc) is 2.56. The number of nitrogens with zero attached hydrogens (tertiary/aromatic N) is 1. The fraction of sp³-hybridized carbons (Fsp3) is 0.118. The van der Waals surface area contributed by atoms with Gasteiger partial charge in [0.25, 0.3) is 0 Å². The van der Waals surface area contributed by atoms with Crippen LogP contribution in [0, 0.1) is 11.6 Å². The van der Waals surface area contributed by atoms with Crippen LogP contribution in [0.1, 0.15) is 0 Å². The van der Waals surface area contributed by atoms with Crippen LogP contribution < -0.4 is 10.1 Å². The highest BCUT2D eigenvalue weighted by Crippen LogP contribution is 2.26. The van der Waals surface area contributed by atoms with E-state index in [9.17, 15) is 8.78 Å². The summed E-state index contributed by atoms with van der Waals surface area (Å²) in [5.41, 5.74) is 0.521. The maximum absolute atomic E-state index is 13.9. The van der Waals surface area contributed by atoms with Crippen molar-refractivity contribution in [1.82, 2.24) is 4.98 Å². The normalized spacial score (nSPS) is 10.6. The Morgan fingerprint density at radius 1 is 0.955 bits per heavy atom. The van der Waals surface area contributed by atoms with Crippen molar-refractivity contribution in [3.63, 3.8) is 0 Å². The van der Waals surface area contributed by atoms with E-state index in [-0.39, 0.29) is 10.9 Å². The molecule has 0 atom stereocenters. The third-order valence-electron chi connectivity index (χ3n) is 3.22. The quantitative estimate of drug-likeness (QED) is 0.723. The number of aromatic nitrogens is 1. The maximum atomic E-state index is 13.9. The van der Waals surface area contributed by atoms with Crippen LogP contribution in [0.3, 0.4) is 0 Å². The van der Waals surface area contributed by atoms with Gasteiger partial charge in [0.05, 0.1) is 5.39 Å². The molecule has 0 saturated heterocycles. The molecule has 0 fully saturated rings. The molecule has 0 aliphatic rings. The molecule has 0 spiro atoms. The number of hydrogen-bond donors (Lipinski definition) is 1. The predicted octanol–water partition coefficient (Wildman–Crippen LogP) is 4.00. The van der Waals surface area contributed by atoms with Crippen molar-refractivity contribution < 1.29 is 13.5 Å². The second kappa shape index (κ2) is 6.39. The van der Waals surface area contributed by atoms with E-state index in [0.29, 0.717) is 18.8 Å². The van der Waals surface area contributed by atoms with Crippen LogP contribution in [0.15, 0.2) is 54.7 Å². The Hall–Kier alpha value is -2.69. The molecule has 112 valence electrons. The van der Waals surface area contributed by atoms with Crippen LogP contribution in [-0.2, 0) is 0 Å². The van der Waals surface area contributed by atoms with E-state index in [0.717, 1.165) is 17.9 Å². The topological polar surface area (TPSA) is 34.1 Å². The lowest BCUT2D eigenvalue weighted by atomic mass is 10.1. The summed E-state index contributed by atoms with van der Waals surface area (Å²) in [5, 5.41) is 3.21. The lowest BCUT2D eigenvalue weighted by Gasteiger charge is -2.11. The Bertz CT molecular complexity index is 778. The fourth-order valence-electron chi connectivity index (χ4n) is 2.21. The fourth-order valence-corrected chi connectivity index (χ4v) is 2.21. The summed E-state index contributed by atoms with van der Waals surface area (Å²) >= 11 is 0. The molecule has 1 N–H and O–H groups in total. The first-order valence-corrected chi connectivity index (χ1v) is 6.90. The zero-order valence-electron chi connectivity index (χ0n) is 11.7. The number of benzene rings is 2. The molecule has 0 aliphatic heterocycles. The summed E-state index contributed by atoms with van der Waals surface area (Å²) in [5.74, 6) is -0.280. The van der Waals surface area contributed by atoms with Gasteiger partial charge >= 0.3 is 0 Å². The number of pyridine rings is 1. The van der Waals surface area contributed by atoms with Crippen molar-refractivity contribution >= 4 is 16.6 Å². The van der Waals surface area contributed by atoms with Crippen LogP contribution in [0.25, 0.3) is 10.9 Å². The zero-order valence-corrected chi connectivity index (χ0v) is 11.7. The van der Waals surface area contributed by atoms with Crippen molar-refractivity contribution in [1.29, 1.82) is 0 Å². The predicted molar refractivity (Wildman–Crippen MR) is 82.1 cm³/mol. The molecular weight excluding hydrogens is 286 g/mol. The van der Waals surface area contributed by atoms with E-state index in [4.69, 9.17) is 4.74 Å². The lowest BCUT2D eigenvalue weighted by Crippen LogP contribution is -2.12. The van der Waals surface area contributed by atoms with E-state index in [1.165, 1.54) is 6.20 Å². The van der Waals surface area contributed by atoms with Gasteiger partial charge in [-0.25, -0.2) is 8.78 Å². The molecule has 0 saturated carbocycles. The molecular formula is C17H14F2N2O. The molecule has 3 rings (SSSR count). The Morgan fingerprint density at radius 3 is 2.55 bits per heavy atom. The van der Waals surface area contributed by atoms with Crippen molar-refractivity contribution in [3.05, 3.63) is 66.4 Å². The Balaban J connectivity index is 1.71. The van der Waals surface area contributed by atoms with Crippen LogP contribution in [0.2, 0.25) is 0 Å². The number of rotatable bonds is 5. The first kappa shape index (κ1) is 14.3. The average molecular weight is 300 g/mol. The van der Waals surface area contributed by atoms with Crippen LogP contribution in [0.4, 0.5) is 14.5 Å². The third-order valence-corrected chi connectivity index (χ3v) is 3.22. The first-order chi connectivity index (χ1) is 10.8. The van der Waals surface area contributed by atoms with Gasteiger partial charge in [-0.2, -0.15) is 0 Å². The molecule has 0 unspecified atom stereocenters. The molecule has 3 aromatic rings. The van der Waals surface area contributed by atoms with Gasteiger partial charge in [0.1, 0.15) is 29.5 Å². The van der Waals surface area contributed by atoms with E-state index >= 15 is 0 Å². The minimum Gasteiger partial charge on any atom is -0.492 e. The molecule has 0 amide bonds. The van der Waals surface area contributed by atoms with Crippen molar-refractivity contribution in [2.75, 3.05) is 18.5 Å². The zero-order chi connectivity index (χ0) is 15.4. The van der Waals surface area contributed by atoms with E-state index in [2.05, 4.69) is 10.3 Å². The smallest absolute Gasteiger partial charge is 0.149 e. The summed E-state index contributed by atoms with van der Waals surface area (Å²) in [6.07, 6.45) is 1.45. The molecule has 1 heterocycles. The largest absolute Gasteiger partial charge is 0.492 e. The number of ether oxygens (including phenoxy) is 1. The van der Waals surface area contributed by atoms with Crippen LogP contribution >= 0.6 is 0 Å². The summed E-state index contributed by atoms with van der Waals surface area (Å²) in [7, 11) is 0. The molecule has 0 aliphatic carbocycles. The van der Waals surface area contributed by atoms with Gasteiger partial charge in [-0.15, -0.1) is 0 Å². The monoisotopic (exact) mass is 300 g/mol. The second-order valence-corrected chi connectivity index (χ2v) is 4.70. The van der Waals surface area contributed by atoms with Gasteiger partial charge in [-0.05, 0) is 30.3 Å². The highest BCUT2D eigenvalue weighted by molar-refractivity contribution is 5.91. The lowest BCUT2D eigenvalue weighted by molar-refractivity contribution is 0.333. The number of nitrogens with one attached hydrogen (secondary N) is 1. The Labute approximate surface area is 126 Å². The SMILES string of the molecule is Fc1ccc(F)c2c(NCCOc3ccccc3)ccnc12. The molecule has 0 bridgehead atoms. The molecule has 1 aromatic heterocycles. The van der Waals surface area contributed by atoms with Gasteiger partial charge in [0.2, 0.25) is 0 Å². The summed E-state index contributed by atoms with van der Waals surface area (Å²) in [6.45, 7) is 0.870. The van der Waals surface area contributed by atoms with Gasteiger partial charge in [0.15, 0.2) is 0 Å². The van der Waals surface area contributed by atoms with Crippen LogP contribution in [-0.4, -0.2) is 18.1 Å². The highest BCUT2D eigenvalue weighted by Gasteiger charge is 2.11. The molecule has 5 heteroatoms. The Morgan fingerprint density at radius 2 is 1.73 bits per heavy atom. The molecule has 3 nitrogen and oxygen atoms in total. The number of anilines is 1. The third kappa shape index (κ3) is 2.98. The number of fused-ring (bicyclic) bond motifs is 1. The summed E-state index contributed by atoms with van der Waals surface area (Å²) in [6, 6.07) is 13.2. The van der Waals surface area contributed by atoms with Gasteiger partial charge in [-0.3, -0.25) is 4.98 Å². The van der Waals surface area contributed by atoms with E-state index in [1.54, 1.807) is 6.07 Å². The van der Waals surface area contributed by atoms with Gasteiger partial charge in [-0.1, -0.05) is 18.2 Å². The number of hydrogen-bond acceptors (Lipinski definition) is 3. The van der Waals surface area contributed by atoms with Gasteiger partial charge in [0, 0.05) is 18.4 Å². The van der Waals surface area contributed by atoms with Gasteiger partial charge < -0.3 is 10.1 Å². The minimum absolute atomic E-state index is 0.0222. The van der Waals surface area contributed by atoms with Crippen molar-refractivity contribution in [3.8, 4) is 5.75 Å². The molecule has 2 aromatic carbocycles. The number of para-hydroxylation sites is 1. The molecule has 0 radical (unpaired) electrons. The first-order valence-electron chi connectivity index (χ1n) is 6.90. The van der Waals surface area contributed by atoms with Crippen molar-refractivity contribution in [2.45, 2.75) is 0 Å². The summed E-state index contributed by atoms with van der Waals surface area (Å²) < 4.78 is 33.1. The standard InChI is InChI=1S/C17H14F2N2O/c18-13-6-7-14(19)17-16(13)15(8-9-21-17)20-10-11-22-12-4-2-1-3-5-12/h1-9H,10-11H2,(H,20,21). The van der Waals surface area contributed by atoms with Crippen LogP contribution in [0.5, 0.6) is 5.75 Å². The highest BCUT2D eigenvalue weighted by atomic mass is 19.1. The maximum Gasteiger partial charge on any atom is 0.149 e. The summed E-state index contributed by atoms with van der Waals surface area (Å²) in [4.78, 5) is 3.89. The van der Waals surface area contributed by atoms with E-state index < -0.39 is 11.6 Å². The number of halogens is 2. The van der Waals surface area contributed by atoms with E-state index in [1.807, 2.05) is 30.3 Å². The van der Waals surface area contributed by atoms with Crippen molar-refractivity contribution in [2.24, 2.45) is 0 Å².